The molecule has 3 heteroatoms. The molecular weight excluding hydrogens is 236 g/mol. The molecule has 19 heavy (non-hydrogen) atoms. The van der Waals surface area contributed by atoms with Crippen molar-refractivity contribution in [3.8, 4) is 0 Å². The van der Waals surface area contributed by atoms with Crippen molar-refractivity contribution in [3.63, 3.8) is 0 Å². The molecule has 2 N–H and O–H groups in total. The number of rotatable bonds is 2. The van der Waals surface area contributed by atoms with Crippen molar-refractivity contribution in [3.05, 3.63) is 23.8 Å². The summed E-state index contributed by atoms with van der Waals surface area (Å²) in [6.45, 7) is 1.06. The van der Waals surface area contributed by atoms with Gasteiger partial charge in [-0.1, -0.05) is 19.3 Å². The lowest BCUT2D eigenvalue weighted by molar-refractivity contribution is -0.120. The molecule has 3 rings (SSSR count). The highest BCUT2D eigenvalue weighted by molar-refractivity contribution is 5.93. The molecular formula is C16H22N2O. The molecule has 0 spiro atoms. The third kappa shape index (κ3) is 2.91. The van der Waals surface area contributed by atoms with Gasteiger partial charge in [0.15, 0.2) is 0 Å². The van der Waals surface area contributed by atoms with Gasteiger partial charge >= 0.3 is 0 Å². The Labute approximate surface area is 114 Å². The van der Waals surface area contributed by atoms with E-state index in [2.05, 4.69) is 22.8 Å². The second-order valence-electron chi connectivity index (χ2n) is 5.73. The van der Waals surface area contributed by atoms with E-state index in [-0.39, 0.29) is 11.8 Å². The zero-order valence-corrected chi connectivity index (χ0v) is 11.4. The number of amides is 1. The Hall–Kier alpha value is -1.51. The summed E-state index contributed by atoms with van der Waals surface area (Å²) < 4.78 is 0. The standard InChI is InChI=1S/C16H22N2O/c19-16(12-5-2-1-3-6-12)18-14-8-9-15-13(11-14)7-4-10-17-15/h8-9,11-12,17H,1-7,10H2,(H,18,19). The molecule has 0 aromatic heterocycles. The van der Waals surface area contributed by atoms with Crippen LogP contribution in [-0.4, -0.2) is 12.5 Å². The maximum atomic E-state index is 12.2. The minimum absolute atomic E-state index is 0.211. The summed E-state index contributed by atoms with van der Waals surface area (Å²) in [5.41, 5.74) is 3.51. The molecule has 1 aromatic carbocycles. The molecule has 0 atom stereocenters. The van der Waals surface area contributed by atoms with Gasteiger partial charge in [-0.15, -0.1) is 0 Å². The van der Waals surface area contributed by atoms with Crippen LogP contribution in [0.5, 0.6) is 0 Å². The van der Waals surface area contributed by atoms with E-state index in [1.165, 1.54) is 36.9 Å². The molecule has 3 nitrogen and oxygen atoms in total. The van der Waals surface area contributed by atoms with Crippen LogP contribution in [0.3, 0.4) is 0 Å². The number of hydrogen-bond donors (Lipinski definition) is 2. The van der Waals surface area contributed by atoms with Crippen LogP contribution in [0, 0.1) is 5.92 Å². The lowest BCUT2D eigenvalue weighted by Gasteiger charge is -2.22. The fraction of sp³-hybridized carbons (Fsp3) is 0.562. The third-order valence-corrected chi connectivity index (χ3v) is 4.29. The highest BCUT2D eigenvalue weighted by Gasteiger charge is 2.21. The van der Waals surface area contributed by atoms with Gasteiger partial charge in [-0.05, 0) is 49.4 Å². The Morgan fingerprint density at radius 3 is 2.84 bits per heavy atom. The first-order valence-electron chi connectivity index (χ1n) is 7.50. The number of aryl methyl sites for hydroxylation is 1. The van der Waals surface area contributed by atoms with Gasteiger partial charge in [0.25, 0.3) is 0 Å². The lowest BCUT2D eigenvalue weighted by atomic mass is 9.88. The summed E-state index contributed by atoms with van der Waals surface area (Å²) in [6, 6.07) is 6.23. The van der Waals surface area contributed by atoms with Crippen molar-refractivity contribution in [1.82, 2.24) is 0 Å². The maximum absolute atomic E-state index is 12.2. The van der Waals surface area contributed by atoms with E-state index in [9.17, 15) is 4.79 Å². The van der Waals surface area contributed by atoms with Crippen molar-refractivity contribution in [1.29, 1.82) is 0 Å². The number of nitrogens with one attached hydrogen (secondary N) is 2. The molecule has 2 aliphatic rings. The van der Waals surface area contributed by atoms with Gasteiger partial charge in [-0.25, -0.2) is 0 Å². The minimum atomic E-state index is 0.211. The summed E-state index contributed by atoms with van der Waals surface area (Å²) in [5, 5.41) is 6.49. The van der Waals surface area contributed by atoms with Crippen molar-refractivity contribution in [2.45, 2.75) is 44.9 Å². The van der Waals surface area contributed by atoms with Gasteiger partial charge in [0.2, 0.25) is 5.91 Å². The molecule has 1 fully saturated rings. The van der Waals surface area contributed by atoms with Crippen LogP contribution in [0.1, 0.15) is 44.1 Å². The predicted molar refractivity (Wildman–Crippen MR) is 78.5 cm³/mol. The summed E-state index contributed by atoms with van der Waals surface area (Å²) >= 11 is 0. The Kier molecular flexibility index (Phi) is 3.72. The van der Waals surface area contributed by atoms with Gasteiger partial charge in [-0.3, -0.25) is 4.79 Å². The predicted octanol–water partition coefficient (Wildman–Crippen LogP) is 3.56. The number of carbonyl (C=O) groups is 1. The molecule has 1 amide bonds. The fourth-order valence-electron chi connectivity index (χ4n) is 3.16. The topological polar surface area (TPSA) is 41.1 Å². The van der Waals surface area contributed by atoms with Crippen LogP contribution in [0.25, 0.3) is 0 Å². The molecule has 1 aliphatic carbocycles. The molecule has 1 heterocycles. The third-order valence-electron chi connectivity index (χ3n) is 4.29. The number of benzene rings is 1. The SMILES string of the molecule is O=C(Nc1ccc2c(c1)CCCN2)C1CCCCC1. The first-order chi connectivity index (χ1) is 9.33. The van der Waals surface area contributed by atoms with E-state index in [0.29, 0.717) is 0 Å². The quantitative estimate of drug-likeness (QED) is 0.851. The number of fused-ring (bicyclic) bond motifs is 1. The lowest BCUT2D eigenvalue weighted by Crippen LogP contribution is -2.24. The van der Waals surface area contributed by atoms with Crippen LogP contribution in [0.15, 0.2) is 18.2 Å². The van der Waals surface area contributed by atoms with Crippen molar-refractivity contribution >= 4 is 17.3 Å². The zero-order valence-electron chi connectivity index (χ0n) is 11.4. The largest absolute Gasteiger partial charge is 0.385 e. The van der Waals surface area contributed by atoms with E-state index >= 15 is 0 Å². The molecule has 102 valence electrons. The fourth-order valence-corrected chi connectivity index (χ4v) is 3.16. The Bertz CT molecular complexity index is 464. The van der Waals surface area contributed by atoms with Crippen LogP contribution >= 0.6 is 0 Å². The zero-order chi connectivity index (χ0) is 13.1. The smallest absolute Gasteiger partial charge is 0.227 e. The average Bonchev–Trinajstić information content (AvgIpc) is 2.48. The molecule has 1 aliphatic heterocycles. The first kappa shape index (κ1) is 12.5. The molecule has 1 saturated carbocycles. The highest BCUT2D eigenvalue weighted by atomic mass is 16.1. The van der Waals surface area contributed by atoms with Crippen LogP contribution in [0.4, 0.5) is 11.4 Å². The summed E-state index contributed by atoms with van der Waals surface area (Å²) in [7, 11) is 0. The highest BCUT2D eigenvalue weighted by Crippen LogP contribution is 2.27. The van der Waals surface area contributed by atoms with Crippen LogP contribution in [0.2, 0.25) is 0 Å². The monoisotopic (exact) mass is 258 g/mol. The normalized spacial score (nSPS) is 19.4. The van der Waals surface area contributed by atoms with Crippen LogP contribution in [-0.2, 0) is 11.2 Å². The van der Waals surface area contributed by atoms with E-state index < -0.39 is 0 Å². The number of hydrogen-bond acceptors (Lipinski definition) is 2. The Balaban J connectivity index is 1.67. The van der Waals surface area contributed by atoms with E-state index in [1.54, 1.807) is 0 Å². The Morgan fingerprint density at radius 1 is 1.16 bits per heavy atom. The van der Waals surface area contributed by atoms with Gasteiger partial charge in [0.05, 0.1) is 0 Å². The number of anilines is 2. The van der Waals surface area contributed by atoms with Crippen molar-refractivity contribution < 1.29 is 4.79 Å². The summed E-state index contributed by atoms with van der Waals surface area (Å²) in [5.74, 6) is 0.436. The van der Waals surface area contributed by atoms with Crippen LogP contribution < -0.4 is 10.6 Å². The number of carbonyl (C=O) groups excluding carboxylic acids is 1. The maximum Gasteiger partial charge on any atom is 0.227 e. The Morgan fingerprint density at radius 2 is 2.00 bits per heavy atom. The molecule has 1 aromatic rings. The average molecular weight is 258 g/mol. The molecule has 0 bridgehead atoms. The molecule has 0 radical (unpaired) electrons. The summed E-state index contributed by atoms with van der Waals surface area (Å²) in [6.07, 6.45) is 8.08. The van der Waals surface area contributed by atoms with Gasteiger partial charge in [0, 0.05) is 23.8 Å². The second kappa shape index (κ2) is 5.64. The van der Waals surface area contributed by atoms with E-state index in [0.717, 1.165) is 31.5 Å². The minimum Gasteiger partial charge on any atom is -0.385 e. The van der Waals surface area contributed by atoms with E-state index in [1.807, 2.05) is 6.07 Å². The van der Waals surface area contributed by atoms with E-state index in [4.69, 9.17) is 0 Å². The van der Waals surface area contributed by atoms with Gasteiger partial charge < -0.3 is 10.6 Å². The molecule has 0 saturated heterocycles. The van der Waals surface area contributed by atoms with Gasteiger partial charge in [0.1, 0.15) is 0 Å². The van der Waals surface area contributed by atoms with Crippen molar-refractivity contribution in [2.75, 3.05) is 17.2 Å². The second-order valence-corrected chi connectivity index (χ2v) is 5.73. The summed E-state index contributed by atoms with van der Waals surface area (Å²) in [4.78, 5) is 12.2. The van der Waals surface area contributed by atoms with Gasteiger partial charge in [-0.2, -0.15) is 0 Å². The van der Waals surface area contributed by atoms with Crippen molar-refractivity contribution in [2.24, 2.45) is 5.92 Å². The first-order valence-corrected chi connectivity index (χ1v) is 7.50. The molecule has 0 unspecified atom stereocenters.